The maximum absolute atomic E-state index is 12.1. The number of methoxy groups -OCH3 is 1. The second kappa shape index (κ2) is 8.51. The first-order valence-electron chi connectivity index (χ1n) is 8.21. The van der Waals surface area contributed by atoms with Gasteiger partial charge in [-0.2, -0.15) is 0 Å². The van der Waals surface area contributed by atoms with Crippen LogP contribution in [0.4, 0.5) is 0 Å². The molecule has 0 bridgehead atoms. The van der Waals surface area contributed by atoms with E-state index in [2.05, 4.69) is 19.0 Å². The lowest BCUT2D eigenvalue weighted by molar-refractivity contribution is -0.132. The van der Waals surface area contributed by atoms with Gasteiger partial charge < -0.3 is 14.3 Å². The Morgan fingerprint density at radius 2 is 1.84 bits per heavy atom. The second-order valence-corrected chi connectivity index (χ2v) is 6.22. The van der Waals surface area contributed by atoms with Crippen molar-refractivity contribution in [2.24, 2.45) is 5.16 Å². The van der Waals surface area contributed by atoms with Crippen LogP contribution in [0.1, 0.15) is 32.3 Å². The van der Waals surface area contributed by atoms with Crippen molar-refractivity contribution in [1.29, 1.82) is 0 Å². The molecule has 1 aromatic carbocycles. The minimum atomic E-state index is -0.503. The Kier molecular flexibility index (Phi) is 6.39. The zero-order valence-corrected chi connectivity index (χ0v) is 15.5. The molecular formula is C20H25NO4. The first-order valence-corrected chi connectivity index (χ1v) is 8.21. The van der Waals surface area contributed by atoms with E-state index in [0.717, 1.165) is 28.9 Å². The summed E-state index contributed by atoms with van der Waals surface area (Å²) in [4.78, 5) is 17.0. The molecule has 1 aromatic rings. The standard InChI is InChI=1S/C20H25NO4/c1-13-7-6-8-17(9-13)25-12-16-10-14(2)15(3)11-18(16)19(21-24-5)20(22)23-4/h6-9H,10-12H2,1-5H3/b21-19+. The van der Waals surface area contributed by atoms with Crippen LogP contribution in [0.25, 0.3) is 0 Å². The number of aryl methyl sites for hydroxylation is 1. The molecule has 0 spiro atoms. The van der Waals surface area contributed by atoms with Crippen LogP contribution in [0.5, 0.6) is 5.75 Å². The van der Waals surface area contributed by atoms with Gasteiger partial charge in [-0.3, -0.25) is 0 Å². The molecule has 5 heteroatoms. The molecule has 25 heavy (non-hydrogen) atoms. The predicted molar refractivity (Wildman–Crippen MR) is 97.8 cm³/mol. The minimum Gasteiger partial charge on any atom is -0.489 e. The van der Waals surface area contributed by atoms with Gasteiger partial charge in [-0.1, -0.05) is 28.4 Å². The topological polar surface area (TPSA) is 57.1 Å². The second-order valence-electron chi connectivity index (χ2n) is 6.22. The van der Waals surface area contributed by atoms with Gasteiger partial charge in [-0.15, -0.1) is 0 Å². The van der Waals surface area contributed by atoms with Crippen LogP contribution in [0.2, 0.25) is 0 Å². The van der Waals surface area contributed by atoms with Gasteiger partial charge in [-0.05, 0) is 62.5 Å². The quantitative estimate of drug-likeness (QED) is 0.339. The van der Waals surface area contributed by atoms with Gasteiger partial charge in [0.1, 0.15) is 19.5 Å². The largest absolute Gasteiger partial charge is 0.489 e. The zero-order chi connectivity index (χ0) is 18.4. The van der Waals surface area contributed by atoms with Gasteiger partial charge in [0.05, 0.1) is 7.11 Å². The maximum atomic E-state index is 12.1. The fraction of sp³-hybridized carbons (Fsp3) is 0.400. The minimum absolute atomic E-state index is 0.208. The van der Waals surface area contributed by atoms with Crippen LogP contribution in [0, 0.1) is 6.92 Å². The molecule has 5 nitrogen and oxygen atoms in total. The SMILES string of the molecule is CO/N=C(/C(=O)OC)C1=C(COc2cccc(C)c2)CC(C)=C(C)C1. The Bertz CT molecular complexity index is 744. The van der Waals surface area contributed by atoms with Crippen molar-refractivity contribution in [3.8, 4) is 5.75 Å². The first kappa shape index (κ1) is 18.8. The summed E-state index contributed by atoms with van der Waals surface area (Å²) < 4.78 is 10.8. The maximum Gasteiger partial charge on any atom is 0.360 e. The van der Waals surface area contributed by atoms with Crippen molar-refractivity contribution in [2.45, 2.75) is 33.6 Å². The van der Waals surface area contributed by atoms with Crippen molar-refractivity contribution in [2.75, 3.05) is 20.8 Å². The van der Waals surface area contributed by atoms with Crippen LogP contribution in [0.3, 0.4) is 0 Å². The monoisotopic (exact) mass is 343 g/mol. The molecule has 0 heterocycles. The highest BCUT2D eigenvalue weighted by molar-refractivity contribution is 6.43. The number of oxime groups is 1. The highest BCUT2D eigenvalue weighted by Gasteiger charge is 2.26. The lowest BCUT2D eigenvalue weighted by atomic mass is 9.85. The average molecular weight is 343 g/mol. The highest BCUT2D eigenvalue weighted by atomic mass is 16.6. The van der Waals surface area contributed by atoms with E-state index < -0.39 is 5.97 Å². The third kappa shape index (κ3) is 4.72. The summed E-state index contributed by atoms with van der Waals surface area (Å²) >= 11 is 0. The number of allylic oxidation sites excluding steroid dienone is 2. The summed E-state index contributed by atoms with van der Waals surface area (Å²) in [6.45, 7) is 6.58. The van der Waals surface area contributed by atoms with Gasteiger partial charge in [0.2, 0.25) is 0 Å². The number of nitrogens with zero attached hydrogens (tertiary/aromatic N) is 1. The van der Waals surface area contributed by atoms with Crippen LogP contribution >= 0.6 is 0 Å². The Balaban J connectivity index is 2.32. The fourth-order valence-electron chi connectivity index (χ4n) is 2.79. The van der Waals surface area contributed by atoms with Crippen molar-refractivity contribution in [3.63, 3.8) is 0 Å². The molecule has 1 aliphatic rings. The molecule has 0 saturated carbocycles. The number of hydrogen-bond donors (Lipinski definition) is 0. The van der Waals surface area contributed by atoms with Crippen LogP contribution in [-0.2, 0) is 14.4 Å². The van der Waals surface area contributed by atoms with E-state index >= 15 is 0 Å². The van der Waals surface area contributed by atoms with E-state index in [0.29, 0.717) is 13.0 Å². The molecule has 1 aliphatic carbocycles. The number of carbonyl (C=O) groups is 1. The van der Waals surface area contributed by atoms with Crippen molar-refractivity contribution < 1.29 is 19.1 Å². The number of hydrogen-bond acceptors (Lipinski definition) is 5. The molecule has 2 rings (SSSR count). The van der Waals surface area contributed by atoms with Crippen molar-refractivity contribution in [3.05, 3.63) is 52.1 Å². The Morgan fingerprint density at radius 1 is 1.12 bits per heavy atom. The van der Waals surface area contributed by atoms with Gasteiger partial charge in [0, 0.05) is 0 Å². The highest BCUT2D eigenvalue weighted by Crippen LogP contribution is 2.31. The molecule has 0 fully saturated rings. The van der Waals surface area contributed by atoms with Crippen molar-refractivity contribution in [1.82, 2.24) is 0 Å². The van der Waals surface area contributed by atoms with E-state index in [-0.39, 0.29) is 5.71 Å². The summed E-state index contributed by atoms with van der Waals surface area (Å²) in [5.41, 5.74) is 5.70. The summed E-state index contributed by atoms with van der Waals surface area (Å²) in [6, 6.07) is 7.90. The summed E-state index contributed by atoms with van der Waals surface area (Å²) in [5.74, 6) is 0.302. The van der Waals surface area contributed by atoms with E-state index in [9.17, 15) is 4.79 Å². The van der Waals surface area contributed by atoms with E-state index in [4.69, 9.17) is 14.3 Å². The van der Waals surface area contributed by atoms with Gasteiger partial charge in [0.25, 0.3) is 0 Å². The summed E-state index contributed by atoms with van der Waals surface area (Å²) in [6.07, 6.45) is 1.38. The van der Waals surface area contributed by atoms with Gasteiger partial charge in [-0.25, -0.2) is 4.79 Å². The van der Waals surface area contributed by atoms with Gasteiger partial charge >= 0.3 is 5.97 Å². The molecule has 134 valence electrons. The summed E-state index contributed by atoms with van der Waals surface area (Å²) in [5, 5.41) is 3.90. The first-order chi connectivity index (χ1) is 12.0. The van der Waals surface area contributed by atoms with Crippen molar-refractivity contribution >= 4 is 11.7 Å². The number of esters is 1. The average Bonchev–Trinajstić information content (AvgIpc) is 2.60. The smallest absolute Gasteiger partial charge is 0.360 e. The Morgan fingerprint density at radius 3 is 2.48 bits per heavy atom. The number of ether oxygens (including phenoxy) is 2. The van der Waals surface area contributed by atoms with E-state index in [1.807, 2.05) is 31.2 Å². The van der Waals surface area contributed by atoms with E-state index in [1.165, 1.54) is 25.4 Å². The normalized spacial score (nSPS) is 15.3. The van der Waals surface area contributed by atoms with Crippen LogP contribution in [-0.4, -0.2) is 32.5 Å². The van der Waals surface area contributed by atoms with Crippen LogP contribution < -0.4 is 4.74 Å². The number of rotatable bonds is 6. The third-order valence-electron chi connectivity index (χ3n) is 4.33. The van der Waals surface area contributed by atoms with Crippen LogP contribution in [0.15, 0.2) is 51.7 Å². The molecule has 0 aliphatic heterocycles. The zero-order valence-electron chi connectivity index (χ0n) is 15.5. The molecule has 0 N–H and O–H groups in total. The lowest BCUT2D eigenvalue weighted by Gasteiger charge is -2.23. The lowest BCUT2D eigenvalue weighted by Crippen LogP contribution is -2.24. The summed E-state index contributed by atoms with van der Waals surface area (Å²) in [7, 11) is 2.76. The molecule has 0 radical (unpaired) electrons. The fourth-order valence-corrected chi connectivity index (χ4v) is 2.79. The predicted octanol–water partition coefficient (Wildman–Crippen LogP) is 3.98. The number of benzene rings is 1. The van der Waals surface area contributed by atoms with Gasteiger partial charge in [0.15, 0.2) is 5.71 Å². The Labute approximate surface area is 149 Å². The molecule has 0 amide bonds. The number of carbonyl (C=O) groups excluding carboxylic acids is 1. The Hall–Kier alpha value is -2.56. The van der Waals surface area contributed by atoms with E-state index in [1.54, 1.807) is 0 Å². The molecule has 0 atom stereocenters. The molecular weight excluding hydrogens is 318 g/mol. The third-order valence-corrected chi connectivity index (χ3v) is 4.33. The molecule has 0 saturated heterocycles. The molecule has 0 aromatic heterocycles. The molecule has 0 unspecified atom stereocenters.